The molecule has 1 rings (SSSR count). The number of hydrogen-bond acceptors (Lipinski definition) is 6. The number of carboxylic acid groups (broad SMARTS) is 1. The van der Waals surface area contributed by atoms with Crippen LogP contribution in [0.2, 0.25) is 0 Å². The predicted molar refractivity (Wildman–Crippen MR) is 59.8 cm³/mol. The Kier molecular flexibility index (Phi) is 4.00. The zero-order valence-corrected chi connectivity index (χ0v) is 9.38. The fraction of sp³-hybridized carbons (Fsp3) is 0.333. The van der Waals surface area contributed by atoms with Gasteiger partial charge in [-0.3, -0.25) is 9.78 Å². The quantitative estimate of drug-likeness (QED) is 0.413. The second kappa shape index (κ2) is 5.27. The summed E-state index contributed by atoms with van der Waals surface area (Å²) < 4.78 is 0. The van der Waals surface area contributed by atoms with E-state index in [0.717, 1.165) is 6.20 Å². The number of nitrogens with two attached hydrogens (primary N) is 1. The van der Waals surface area contributed by atoms with Gasteiger partial charge in [0.25, 0.3) is 5.91 Å². The number of anilines is 1. The minimum Gasteiger partial charge on any atom is -0.480 e. The summed E-state index contributed by atoms with van der Waals surface area (Å²) in [6.45, 7) is 1.22. The number of carbonyl (C=O) groups is 2. The number of rotatable bonds is 4. The second-order valence-corrected chi connectivity index (χ2v) is 3.55. The molecule has 18 heavy (non-hydrogen) atoms. The Balaban J connectivity index is 2.94. The lowest BCUT2D eigenvalue weighted by atomic mass is 10.1. The van der Waals surface area contributed by atoms with Crippen molar-refractivity contribution >= 4 is 17.7 Å². The highest BCUT2D eigenvalue weighted by molar-refractivity contribution is 5.99. The molecule has 0 saturated heterocycles. The molecule has 6 N–H and O–H groups in total. The highest BCUT2D eigenvalue weighted by Crippen LogP contribution is 2.04. The van der Waals surface area contributed by atoms with Crippen LogP contribution < -0.4 is 16.7 Å². The van der Waals surface area contributed by atoms with Crippen molar-refractivity contribution < 1.29 is 19.8 Å². The molecule has 0 aliphatic carbocycles. The third kappa shape index (κ3) is 3.04. The number of aromatic amines is 1. The van der Waals surface area contributed by atoms with Crippen LogP contribution in [0.15, 0.2) is 11.0 Å². The summed E-state index contributed by atoms with van der Waals surface area (Å²) in [7, 11) is 0. The summed E-state index contributed by atoms with van der Waals surface area (Å²) in [6.07, 6.45) is -0.367. The molecule has 0 aromatic carbocycles. The lowest BCUT2D eigenvalue weighted by Crippen LogP contribution is -2.47. The van der Waals surface area contributed by atoms with Gasteiger partial charge in [0.1, 0.15) is 5.82 Å². The second-order valence-electron chi connectivity index (χ2n) is 3.55. The number of nitrogen functional groups attached to an aromatic ring is 1. The summed E-state index contributed by atoms with van der Waals surface area (Å²) in [5, 5.41) is 20.0. The molecular formula is C9H12N4O5. The highest BCUT2D eigenvalue weighted by Gasteiger charge is 2.26. The van der Waals surface area contributed by atoms with Crippen LogP contribution in [0.4, 0.5) is 5.82 Å². The molecule has 1 aromatic rings. The molecule has 0 fully saturated rings. The van der Waals surface area contributed by atoms with E-state index in [-0.39, 0.29) is 11.4 Å². The van der Waals surface area contributed by atoms with Crippen LogP contribution in [-0.4, -0.2) is 44.2 Å². The van der Waals surface area contributed by atoms with Gasteiger partial charge in [0, 0.05) is 6.20 Å². The van der Waals surface area contributed by atoms with E-state index < -0.39 is 29.7 Å². The minimum absolute atomic E-state index is 0.179. The topological polar surface area (TPSA) is 158 Å². The Labute approximate surface area is 101 Å². The van der Waals surface area contributed by atoms with Crippen LogP contribution >= 0.6 is 0 Å². The number of carboxylic acids is 1. The molecule has 0 radical (unpaired) electrons. The van der Waals surface area contributed by atoms with Crippen LogP contribution in [0.5, 0.6) is 0 Å². The van der Waals surface area contributed by atoms with Gasteiger partial charge in [0.2, 0.25) is 0 Å². The number of aliphatic hydroxyl groups is 1. The van der Waals surface area contributed by atoms with Crippen molar-refractivity contribution in [2.75, 3.05) is 5.73 Å². The standard InChI is InChI=1S/C9H12N4O5/c1-3(14)5(8(16)17)12-7(15)4-2-11-9(18)13-6(4)10/h2-3,5,14H,1H3,(H,12,15)(H,16,17)(H3,10,11,13,18)/t3-,5+/m0/s1. The Morgan fingerprint density at radius 2 is 2.17 bits per heavy atom. The maximum absolute atomic E-state index is 11.7. The number of hydrogen-bond donors (Lipinski definition) is 5. The Hall–Kier alpha value is -2.42. The fourth-order valence-corrected chi connectivity index (χ4v) is 1.20. The van der Waals surface area contributed by atoms with Gasteiger partial charge in [0.05, 0.1) is 11.7 Å². The maximum atomic E-state index is 11.7. The zero-order valence-electron chi connectivity index (χ0n) is 9.38. The molecule has 0 bridgehead atoms. The number of aromatic nitrogens is 2. The first-order chi connectivity index (χ1) is 8.32. The molecule has 0 aliphatic rings. The summed E-state index contributed by atoms with van der Waals surface area (Å²) in [4.78, 5) is 38.6. The average molecular weight is 256 g/mol. The SMILES string of the molecule is C[C@H](O)[C@@H](NC(=O)c1cnc(=O)[nH]c1N)C(=O)O. The number of carbonyl (C=O) groups excluding carboxylic acids is 1. The molecule has 98 valence electrons. The van der Waals surface area contributed by atoms with Crippen molar-refractivity contribution in [1.82, 2.24) is 15.3 Å². The van der Waals surface area contributed by atoms with Crippen LogP contribution in [0, 0.1) is 0 Å². The molecule has 0 unspecified atom stereocenters. The Bertz CT molecular complexity index is 524. The van der Waals surface area contributed by atoms with E-state index in [9.17, 15) is 19.5 Å². The van der Waals surface area contributed by atoms with Crippen molar-refractivity contribution in [3.8, 4) is 0 Å². The lowest BCUT2D eigenvalue weighted by molar-refractivity contribution is -0.141. The molecule has 1 amide bonds. The van der Waals surface area contributed by atoms with E-state index in [2.05, 4.69) is 15.3 Å². The number of aliphatic carboxylic acids is 1. The number of aliphatic hydroxyl groups excluding tert-OH is 1. The molecule has 0 saturated carbocycles. The molecule has 1 aromatic heterocycles. The first-order valence-corrected chi connectivity index (χ1v) is 4.89. The molecule has 9 heteroatoms. The monoisotopic (exact) mass is 256 g/mol. The largest absolute Gasteiger partial charge is 0.480 e. The first-order valence-electron chi connectivity index (χ1n) is 4.89. The van der Waals surface area contributed by atoms with Crippen LogP contribution in [-0.2, 0) is 4.79 Å². The van der Waals surface area contributed by atoms with Crippen LogP contribution in [0.1, 0.15) is 17.3 Å². The lowest BCUT2D eigenvalue weighted by Gasteiger charge is -2.17. The summed E-state index contributed by atoms with van der Waals surface area (Å²) in [5.41, 5.74) is 4.48. The van der Waals surface area contributed by atoms with E-state index in [4.69, 9.17) is 10.8 Å². The van der Waals surface area contributed by atoms with Crippen molar-refractivity contribution in [3.63, 3.8) is 0 Å². The average Bonchev–Trinajstić information content (AvgIpc) is 2.24. The van der Waals surface area contributed by atoms with E-state index in [0.29, 0.717) is 0 Å². The van der Waals surface area contributed by atoms with Crippen LogP contribution in [0.3, 0.4) is 0 Å². The van der Waals surface area contributed by atoms with Gasteiger partial charge in [0.15, 0.2) is 6.04 Å². The molecule has 0 spiro atoms. The van der Waals surface area contributed by atoms with Gasteiger partial charge in [-0.2, -0.15) is 0 Å². The minimum atomic E-state index is -1.48. The third-order valence-corrected chi connectivity index (χ3v) is 2.12. The van der Waals surface area contributed by atoms with Crippen molar-refractivity contribution in [2.24, 2.45) is 0 Å². The van der Waals surface area contributed by atoms with E-state index in [1.54, 1.807) is 0 Å². The number of nitrogens with zero attached hydrogens (tertiary/aromatic N) is 1. The van der Waals surface area contributed by atoms with E-state index >= 15 is 0 Å². The zero-order chi connectivity index (χ0) is 13.9. The molecule has 9 nitrogen and oxygen atoms in total. The van der Waals surface area contributed by atoms with Gasteiger partial charge >= 0.3 is 11.7 Å². The van der Waals surface area contributed by atoms with Gasteiger partial charge < -0.3 is 21.3 Å². The smallest absolute Gasteiger partial charge is 0.346 e. The third-order valence-electron chi connectivity index (χ3n) is 2.12. The van der Waals surface area contributed by atoms with Gasteiger partial charge in [-0.15, -0.1) is 0 Å². The molecular weight excluding hydrogens is 244 g/mol. The van der Waals surface area contributed by atoms with Gasteiger partial charge in [-0.25, -0.2) is 14.6 Å². The normalized spacial score (nSPS) is 13.7. The predicted octanol–water partition coefficient (Wildman–Crippen LogP) is -2.08. The van der Waals surface area contributed by atoms with Gasteiger partial charge in [-0.05, 0) is 6.92 Å². The molecule has 0 aliphatic heterocycles. The van der Waals surface area contributed by atoms with E-state index in [1.165, 1.54) is 6.92 Å². The van der Waals surface area contributed by atoms with Gasteiger partial charge in [-0.1, -0.05) is 0 Å². The first kappa shape index (κ1) is 13.6. The maximum Gasteiger partial charge on any atom is 0.346 e. The highest BCUT2D eigenvalue weighted by atomic mass is 16.4. The van der Waals surface area contributed by atoms with Crippen molar-refractivity contribution in [2.45, 2.75) is 19.1 Å². The van der Waals surface area contributed by atoms with Crippen molar-refractivity contribution in [1.29, 1.82) is 0 Å². The van der Waals surface area contributed by atoms with E-state index in [1.807, 2.05) is 0 Å². The number of H-pyrrole nitrogens is 1. The fourth-order valence-electron chi connectivity index (χ4n) is 1.20. The summed E-state index contributed by atoms with van der Waals surface area (Å²) >= 11 is 0. The number of nitrogens with one attached hydrogen (secondary N) is 2. The summed E-state index contributed by atoms with van der Waals surface area (Å²) in [6, 6.07) is -1.48. The number of amides is 1. The molecule has 2 atom stereocenters. The van der Waals surface area contributed by atoms with Crippen molar-refractivity contribution in [3.05, 3.63) is 22.2 Å². The summed E-state index contributed by atoms with van der Waals surface area (Å²) in [5.74, 6) is -2.49. The molecule has 1 heterocycles. The Morgan fingerprint density at radius 1 is 1.56 bits per heavy atom. The van der Waals surface area contributed by atoms with Crippen LogP contribution in [0.25, 0.3) is 0 Å². The Morgan fingerprint density at radius 3 is 2.61 bits per heavy atom.